The molecule has 8 nitrogen and oxygen atoms in total. The zero-order chi connectivity index (χ0) is 22.6. The van der Waals surface area contributed by atoms with E-state index < -0.39 is 16.1 Å². The first kappa shape index (κ1) is 23.1. The van der Waals surface area contributed by atoms with E-state index in [2.05, 4.69) is 5.32 Å². The number of benzene rings is 2. The number of hydrogen-bond donors (Lipinski definition) is 1. The topological polar surface area (TPSA) is 94.2 Å². The summed E-state index contributed by atoms with van der Waals surface area (Å²) in [7, 11) is -0.571. The number of hydrogen-bond acceptors (Lipinski definition) is 6. The quantitative estimate of drug-likeness (QED) is 0.700. The van der Waals surface area contributed by atoms with Crippen LogP contribution in [0.15, 0.2) is 41.3 Å². The highest BCUT2D eigenvalue weighted by Crippen LogP contribution is 2.30. The van der Waals surface area contributed by atoms with Crippen LogP contribution in [0.4, 0.5) is 0 Å². The minimum atomic E-state index is -3.70. The molecule has 2 aromatic rings. The van der Waals surface area contributed by atoms with Crippen LogP contribution in [0.2, 0.25) is 0 Å². The highest BCUT2D eigenvalue weighted by atomic mass is 32.2. The van der Waals surface area contributed by atoms with Gasteiger partial charge < -0.3 is 19.5 Å². The van der Waals surface area contributed by atoms with E-state index in [1.807, 2.05) is 6.92 Å². The molecule has 3 rings (SSSR count). The summed E-state index contributed by atoms with van der Waals surface area (Å²) in [4.78, 5) is 13.1. The van der Waals surface area contributed by atoms with Crippen LogP contribution in [0.1, 0.15) is 34.5 Å². The molecule has 0 spiro atoms. The highest BCUT2D eigenvalue weighted by molar-refractivity contribution is 7.89. The third-order valence-electron chi connectivity index (χ3n) is 5.31. The van der Waals surface area contributed by atoms with E-state index in [0.29, 0.717) is 48.9 Å². The van der Waals surface area contributed by atoms with Crippen molar-refractivity contribution in [1.29, 1.82) is 0 Å². The van der Waals surface area contributed by atoms with Gasteiger partial charge in [-0.1, -0.05) is 6.07 Å². The monoisotopic (exact) mass is 448 g/mol. The molecule has 0 aromatic heterocycles. The van der Waals surface area contributed by atoms with Gasteiger partial charge in [0.15, 0.2) is 0 Å². The lowest BCUT2D eigenvalue weighted by Crippen LogP contribution is -2.40. The van der Waals surface area contributed by atoms with Gasteiger partial charge in [-0.15, -0.1) is 0 Å². The van der Waals surface area contributed by atoms with Crippen molar-refractivity contribution in [2.24, 2.45) is 0 Å². The van der Waals surface area contributed by atoms with Gasteiger partial charge in [-0.2, -0.15) is 4.31 Å². The number of sulfonamides is 1. The molecule has 1 atom stereocenters. The number of rotatable bonds is 7. The van der Waals surface area contributed by atoms with Gasteiger partial charge in [-0.3, -0.25) is 4.79 Å². The van der Waals surface area contributed by atoms with E-state index in [0.717, 1.165) is 5.56 Å². The Kier molecular flexibility index (Phi) is 7.19. The van der Waals surface area contributed by atoms with Gasteiger partial charge in [0.25, 0.3) is 5.91 Å². The smallest absolute Gasteiger partial charge is 0.252 e. The highest BCUT2D eigenvalue weighted by Gasteiger charge is 2.27. The van der Waals surface area contributed by atoms with Crippen LogP contribution in [0, 0.1) is 6.92 Å². The Bertz CT molecular complexity index is 1050. The first-order chi connectivity index (χ1) is 14.8. The van der Waals surface area contributed by atoms with Crippen LogP contribution in [0.3, 0.4) is 0 Å². The summed E-state index contributed by atoms with van der Waals surface area (Å²) in [5.41, 5.74) is 1.75. The number of methoxy groups -OCH3 is 2. The normalized spacial score (nSPS) is 15.9. The van der Waals surface area contributed by atoms with E-state index in [-0.39, 0.29) is 10.8 Å². The Morgan fingerprint density at radius 2 is 1.81 bits per heavy atom. The van der Waals surface area contributed by atoms with Crippen LogP contribution >= 0.6 is 0 Å². The lowest BCUT2D eigenvalue weighted by Gasteiger charge is -2.26. The molecule has 0 saturated carbocycles. The van der Waals surface area contributed by atoms with E-state index in [4.69, 9.17) is 14.2 Å². The molecule has 168 valence electrons. The molecule has 1 saturated heterocycles. The number of aryl methyl sites for hydroxylation is 1. The number of carbonyl (C=O) groups is 1. The number of morpholine rings is 1. The minimum Gasteiger partial charge on any atom is -0.497 e. The molecule has 1 fully saturated rings. The Morgan fingerprint density at radius 1 is 1.10 bits per heavy atom. The van der Waals surface area contributed by atoms with Crippen LogP contribution in [-0.4, -0.2) is 59.2 Å². The van der Waals surface area contributed by atoms with E-state index in [1.54, 1.807) is 45.4 Å². The van der Waals surface area contributed by atoms with Gasteiger partial charge in [-0.05, 0) is 49.7 Å². The molecular weight excluding hydrogens is 420 g/mol. The van der Waals surface area contributed by atoms with Gasteiger partial charge in [0.05, 0.1) is 38.4 Å². The van der Waals surface area contributed by atoms with E-state index >= 15 is 0 Å². The van der Waals surface area contributed by atoms with Crippen LogP contribution < -0.4 is 14.8 Å². The number of ether oxygens (including phenoxy) is 3. The number of nitrogens with zero attached hydrogens (tertiary/aromatic N) is 1. The number of amides is 1. The second kappa shape index (κ2) is 9.67. The first-order valence-electron chi connectivity index (χ1n) is 9.99. The zero-order valence-electron chi connectivity index (χ0n) is 18.2. The summed E-state index contributed by atoms with van der Waals surface area (Å²) in [5.74, 6) is 0.898. The predicted molar refractivity (Wildman–Crippen MR) is 116 cm³/mol. The number of nitrogens with one attached hydrogen (secondary N) is 1. The maximum absolute atomic E-state index is 13.0. The fourth-order valence-electron chi connectivity index (χ4n) is 3.47. The second-order valence-corrected chi connectivity index (χ2v) is 9.23. The Balaban J connectivity index is 1.86. The van der Waals surface area contributed by atoms with Gasteiger partial charge in [-0.25, -0.2) is 8.42 Å². The first-order valence-corrected chi connectivity index (χ1v) is 11.4. The molecule has 0 aliphatic carbocycles. The van der Waals surface area contributed by atoms with Crippen LogP contribution in [0.5, 0.6) is 11.5 Å². The van der Waals surface area contributed by atoms with E-state index in [1.165, 1.54) is 16.4 Å². The molecule has 9 heteroatoms. The maximum atomic E-state index is 13.0. The van der Waals surface area contributed by atoms with Crippen molar-refractivity contribution in [3.8, 4) is 11.5 Å². The molecule has 1 heterocycles. The summed E-state index contributed by atoms with van der Waals surface area (Å²) in [6, 6.07) is 9.58. The summed E-state index contributed by atoms with van der Waals surface area (Å²) in [6.07, 6.45) is 0. The maximum Gasteiger partial charge on any atom is 0.252 e. The Hall–Kier alpha value is -2.62. The average molecular weight is 449 g/mol. The summed E-state index contributed by atoms with van der Waals surface area (Å²) in [5, 5.41) is 2.93. The third kappa shape index (κ3) is 5.00. The van der Waals surface area contributed by atoms with Crippen molar-refractivity contribution in [1.82, 2.24) is 9.62 Å². The summed E-state index contributed by atoms with van der Waals surface area (Å²) in [6.45, 7) is 4.92. The second-order valence-electron chi connectivity index (χ2n) is 7.30. The molecule has 0 radical (unpaired) electrons. The molecule has 0 bridgehead atoms. The summed E-state index contributed by atoms with van der Waals surface area (Å²) < 4.78 is 43.3. The van der Waals surface area contributed by atoms with Crippen molar-refractivity contribution in [3.63, 3.8) is 0 Å². The van der Waals surface area contributed by atoms with Crippen LogP contribution in [-0.2, 0) is 14.8 Å². The molecular formula is C22H28N2O6S. The van der Waals surface area contributed by atoms with Gasteiger partial charge in [0, 0.05) is 24.2 Å². The fraction of sp³-hybridized carbons (Fsp3) is 0.409. The lowest BCUT2D eigenvalue weighted by molar-refractivity contribution is 0.0730. The Morgan fingerprint density at radius 3 is 2.45 bits per heavy atom. The van der Waals surface area contributed by atoms with Crippen molar-refractivity contribution < 1.29 is 27.4 Å². The SMILES string of the molecule is COc1ccc(OC)c(C(C)NC(=O)c2cc(S(=O)(=O)N3CCOCC3)ccc2C)c1. The summed E-state index contributed by atoms with van der Waals surface area (Å²) >= 11 is 0. The molecule has 1 aliphatic rings. The van der Waals surface area contributed by atoms with Crippen molar-refractivity contribution in [3.05, 3.63) is 53.1 Å². The predicted octanol–water partition coefficient (Wildman–Crippen LogP) is 2.52. The minimum absolute atomic E-state index is 0.0942. The van der Waals surface area contributed by atoms with Crippen LogP contribution in [0.25, 0.3) is 0 Å². The zero-order valence-corrected chi connectivity index (χ0v) is 19.0. The fourth-order valence-corrected chi connectivity index (χ4v) is 4.91. The van der Waals surface area contributed by atoms with Gasteiger partial charge >= 0.3 is 0 Å². The molecule has 1 N–H and O–H groups in total. The van der Waals surface area contributed by atoms with Crippen molar-refractivity contribution >= 4 is 15.9 Å². The molecule has 2 aromatic carbocycles. The molecule has 1 amide bonds. The van der Waals surface area contributed by atoms with E-state index in [9.17, 15) is 13.2 Å². The lowest BCUT2D eigenvalue weighted by atomic mass is 10.0. The third-order valence-corrected chi connectivity index (χ3v) is 7.21. The molecule has 1 aliphatic heterocycles. The molecule has 1 unspecified atom stereocenters. The van der Waals surface area contributed by atoms with Gasteiger partial charge in [0.2, 0.25) is 10.0 Å². The molecule has 31 heavy (non-hydrogen) atoms. The van der Waals surface area contributed by atoms with Crippen molar-refractivity contribution in [2.45, 2.75) is 24.8 Å². The average Bonchev–Trinajstić information content (AvgIpc) is 2.79. The largest absolute Gasteiger partial charge is 0.497 e. The van der Waals surface area contributed by atoms with Gasteiger partial charge in [0.1, 0.15) is 11.5 Å². The Labute approximate surface area is 183 Å². The standard InChI is InChI=1S/C22H28N2O6S/c1-15-5-7-18(31(26,27)24-9-11-30-12-10-24)14-19(15)22(25)23-16(2)20-13-17(28-3)6-8-21(20)29-4/h5-8,13-14,16H,9-12H2,1-4H3,(H,23,25). The number of carbonyl (C=O) groups excluding carboxylic acids is 1. The van der Waals surface area contributed by atoms with Crippen molar-refractivity contribution in [2.75, 3.05) is 40.5 Å².